The topological polar surface area (TPSA) is 55.6 Å². The fourth-order valence-electron chi connectivity index (χ4n) is 2.05. The zero-order valence-electron chi connectivity index (χ0n) is 10.1. The van der Waals surface area contributed by atoms with Gasteiger partial charge >= 0.3 is 0 Å². The van der Waals surface area contributed by atoms with Crippen molar-refractivity contribution in [2.24, 2.45) is 5.73 Å². The van der Waals surface area contributed by atoms with E-state index in [1.54, 1.807) is 11.8 Å². The minimum Gasteiger partial charge on any atom is -0.490 e. The minimum absolute atomic E-state index is 0.0607. The molecule has 0 saturated heterocycles. The number of amides is 1. The van der Waals surface area contributed by atoms with Crippen molar-refractivity contribution in [3.05, 3.63) is 23.8 Å². The third kappa shape index (κ3) is 2.58. The van der Waals surface area contributed by atoms with Gasteiger partial charge in [0.15, 0.2) is 0 Å². The summed E-state index contributed by atoms with van der Waals surface area (Å²) in [6, 6.07) is 6.01. The lowest BCUT2D eigenvalue weighted by Gasteiger charge is -2.29. The number of benzene rings is 1. The lowest BCUT2D eigenvalue weighted by Crippen LogP contribution is -2.36. The molecule has 1 aliphatic rings. The summed E-state index contributed by atoms with van der Waals surface area (Å²) in [7, 11) is 0. The first-order valence-corrected chi connectivity index (χ1v) is 5.96. The second-order valence-corrected chi connectivity index (χ2v) is 4.21. The number of nitrogens with zero attached hydrogens (tertiary/aromatic N) is 1. The standard InChI is InChI=1S/C13H18N2O2/c1-10(16)15-7-8-17-13-5-4-11(3-2-6-14)9-12(13)15/h4-5,9H,2-3,6-8,14H2,1H3. The molecule has 1 heterocycles. The Balaban J connectivity index is 2.27. The number of carbonyl (C=O) groups excluding carboxylic acids is 1. The second kappa shape index (κ2) is 5.19. The molecule has 17 heavy (non-hydrogen) atoms. The molecule has 4 nitrogen and oxygen atoms in total. The number of ether oxygens (including phenoxy) is 1. The summed E-state index contributed by atoms with van der Waals surface area (Å²) in [4.78, 5) is 13.3. The summed E-state index contributed by atoms with van der Waals surface area (Å²) < 4.78 is 5.54. The Hall–Kier alpha value is -1.55. The van der Waals surface area contributed by atoms with Crippen molar-refractivity contribution in [3.63, 3.8) is 0 Å². The summed E-state index contributed by atoms with van der Waals surface area (Å²) >= 11 is 0. The van der Waals surface area contributed by atoms with Gasteiger partial charge in [-0.2, -0.15) is 0 Å². The Bertz CT molecular complexity index is 418. The Labute approximate surface area is 101 Å². The maximum absolute atomic E-state index is 11.5. The predicted molar refractivity (Wildman–Crippen MR) is 67.3 cm³/mol. The first kappa shape index (κ1) is 11.9. The van der Waals surface area contributed by atoms with Crippen molar-refractivity contribution in [2.45, 2.75) is 19.8 Å². The molecule has 0 unspecified atom stereocenters. The highest BCUT2D eigenvalue weighted by Gasteiger charge is 2.21. The quantitative estimate of drug-likeness (QED) is 0.858. The van der Waals surface area contributed by atoms with E-state index >= 15 is 0 Å². The van der Waals surface area contributed by atoms with Crippen LogP contribution in [0.3, 0.4) is 0 Å². The predicted octanol–water partition coefficient (Wildman–Crippen LogP) is 1.32. The van der Waals surface area contributed by atoms with Gasteiger partial charge in [-0.05, 0) is 37.1 Å². The molecule has 1 amide bonds. The molecule has 0 fully saturated rings. The second-order valence-electron chi connectivity index (χ2n) is 4.21. The number of fused-ring (bicyclic) bond motifs is 1. The van der Waals surface area contributed by atoms with Crippen LogP contribution >= 0.6 is 0 Å². The van der Waals surface area contributed by atoms with Crippen LogP contribution in [-0.2, 0) is 11.2 Å². The Morgan fingerprint density at radius 3 is 3.06 bits per heavy atom. The van der Waals surface area contributed by atoms with Crippen molar-refractivity contribution < 1.29 is 9.53 Å². The molecule has 0 saturated carbocycles. The zero-order valence-corrected chi connectivity index (χ0v) is 10.1. The molecule has 4 heteroatoms. The first-order valence-electron chi connectivity index (χ1n) is 5.96. The molecular formula is C13H18N2O2. The van der Waals surface area contributed by atoms with E-state index in [0.717, 1.165) is 24.3 Å². The van der Waals surface area contributed by atoms with E-state index in [0.29, 0.717) is 19.7 Å². The maximum atomic E-state index is 11.5. The van der Waals surface area contributed by atoms with Gasteiger partial charge in [0.1, 0.15) is 12.4 Å². The van der Waals surface area contributed by atoms with E-state index in [-0.39, 0.29) is 5.91 Å². The molecule has 0 aliphatic carbocycles. The Morgan fingerprint density at radius 2 is 2.35 bits per heavy atom. The number of carbonyl (C=O) groups is 1. The van der Waals surface area contributed by atoms with Crippen LogP contribution in [0.15, 0.2) is 18.2 Å². The third-order valence-electron chi connectivity index (χ3n) is 2.94. The molecular weight excluding hydrogens is 216 g/mol. The third-order valence-corrected chi connectivity index (χ3v) is 2.94. The molecule has 1 aromatic rings. The van der Waals surface area contributed by atoms with Crippen molar-refractivity contribution >= 4 is 11.6 Å². The van der Waals surface area contributed by atoms with Crippen molar-refractivity contribution in [2.75, 3.05) is 24.6 Å². The molecule has 0 bridgehead atoms. The van der Waals surface area contributed by atoms with Gasteiger partial charge in [-0.15, -0.1) is 0 Å². The fourth-order valence-corrected chi connectivity index (χ4v) is 2.05. The van der Waals surface area contributed by atoms with Crippen LogP contribution < -0.4 is 15.4 Å². The van der Waals surface area contributed by atoms with Gasteiger partial charge in [-0.3, -0.25) is 4.79 Å². The number of anilines is 1. The van der Waals surface area contributed by atoms with E-state index in [2.05, 4.69) is 0 Å². The first-order chi connectivity index (χ1) is 8.22. The monoisotopic (exact) mass is 234 g/mol. The highest BCUT2D eigenvalue weighted by molar-refractivity contribution is 5.93. The van der Waals surface area contributed by atoms with Gasteiger partial charge in [-0.1, -0.05) is 6.07 Å². The molecule has 0 atom stereocenters. The van der Waals surface area contributed by atoms with Gasteiger partial charge in [0.05, 0.1) is 12.2 Å². The lowest BCUT2D eigenvalue weighted by molar-refractivity contribution is -0.116. The van der Waals surface area contributed by atoms with Crippen molar-refractivity contribution in [1.82, 2.24) is 0 Å². The van der Waals surface area contributed by atoms with Crippen LogP contribution in [0.5, 0.6) is 5.75 Å². The molecule has 1 aliphatic heterocycles. The van der Waals surface area contributed by atoms with Crippen molar-refractivity contribution in [3.8, 4) is 5.75 Å². The van der Waals surface area contributed by atoms with Crippen molar-refractivity contribution in [1.29, 1.82) is 0 Å². The van der Waals surface area contributed by atoms with Crippen LogP contribution in [-0.4, -0.2) is 25.6 Å². The lowest BCUT2D eigenvalue weighted by atomic mass is 10.1. The molecule has 92 valence electrons. The average Bonchev–Trinajstić information content (AvgIpc) is 2.35. The summed E-state index contributed by atoms with van der Waals surface area (Å²) in [5, 5.41) is 0. The van der Waals surface area contributed by atoms with E-state index < -0.39 is 0 Å². The molecule has 0 radical (unpaired) electrons. The number of nitrogens with two attached hydrogens (primary N) is 1. The van der Waals surface area contributed by atoms with Gasteiger partial charge in [-0.25, -0.2) is 0 Å². The summed E-state index contributed by atoms with van der Waals surface area (Å²) in [6.07, 6.45) is 1.90. The minimum atomic E-state index is 0.0607. The van der Waals surface area contributed by atoms with Crippen LogP contribution in [0.1, 0.15) is 18.9 Å². The highest BCUT2D eigenvalue weighted by Crippen LogP contribution is 2.32. The molecule has 0 aromatic heterocycles. The molecule has 2 N–H and O–H groups in total. The van der Waals surface area contributed by atoms with Crippen LogP contribution in [0.25, 0.3) is 0 Å². The van der Waals surface area contributed by atoms with Crippen LogP contribution in [0, 0.1) is 0 Å². The van der Waals surface area contributed by atoms with Gasteiger partial charge in [0.25, 0.3) is 0 Å². The number of aryl methyl sites for hydroxylation is 1. The fraction of sp³-hybridized carbons (Fsp3) is 0.462. The maximum Gasteiger partial charge on any atom is 0.224 e. The normalized spacial score (nSPS) is 14.1. The zero-order chi connectivity index (χ0) is 12.3. The van der Waals surface area contributed by atoms with E-state index in [1.165, 1.54) is 5.56 Å². The van der Waals surface area contributed by atoms with Gasteiger partial charge in [0, 0.05) is 6.92 Å². The van der Waals surface area contributed by atoms with E-state index in [4.69, 9.17) is 10.5 Å². The highest BCUT2D eigenvalue weighted by atomic mass is 16.5. The smallest absolute Gasteiger partial charge is 0.224 e. The number of hydrogen-bond donors (Lipinski definition) is 1. The summed E-state index contributed by atoms with van der Waals surface area (Å²) in [5.41, 5.74) is 7.59. The Kier molecular flexibility index (Phi) is 3.64. The molecule has 0 spiro atoms. The van der Waals surface area contributed by atoms with Gasteiger partial charge < -0.3 is 15.4 Å². The van der Waals surface area contributed by atoms with Crippen LogP contribution in [0.4, 0.5) is 5.69 Å². The number of hydrogen-bond acceptors (Lipinski definition) is 3. The largest absolute Gasteiger partial charge is 0.490 e. The van der Waals surface area contributed by atoms with Gasteiger partial charge in [0.2, 0.25) is 5.91 Å². The van der Waals surface area contributed by atoms with Crippen LogP contribution in [0.2, 0.25) is 0 Å². The van der Waals surface area contributed by atoms with E-state index in [9.17, 15) is 4.79 Å². The van der Waals surface area contributed by atoms with E-state index in [1.807, 2.05) is 18.2 Å². The molecule has 1 aromatic carbocycles. The number of rotatable bonds is 3. The SMILES string of the molecule is CC(=O)N1CCOc2ccc(CCCN)cc21. The summed E-state index contributed by atoms with van der Waals surface area (Å²) in [5.74, 6) is 0.855. The average molecular weight is 234 g/mol. The summed E-state index contributed by atoms with van der Waals surface area (Å²) in [6.45, 7) is 3.46. The Morgan fingerprint density at radius 1 is 1.53 bits per heavy atom. The molecule has 2 rings (SSSR count).